The molecule has 0 aliphatic carbocycles. The first-order valence-corrected chi connectivity index (χ1v) is 5.18. The Labute approximate surface area is 90.2 Å². The Morgan fingerprint density at radius 3 is 2.27 bits per heavy atom. The number of amides is 1. The van der Waals surface area contributed by atoms with Gasteiger partial charge in [0.05, 0.1) is 12.5 Å². The van der Waals surface area contributed by atoms with Gasteiger partial charge in [-0.1, -0.05) is 6.92 Å². The SMILES string of the molecule is CC[C@@H](N)C(=O)N(CCC(=O)O)C(C)C. The maximum atomic E-state index is 11.7. The Morgan fingerprint density at radius 1 is 1.40 bits per heavy atom. The lowest BCUT2D eigenvalue weighted by Crippen LogP contribution is -2.47. The molecule has 1 atom stereocenters. The van der Waals surface area contributed by atoms with Crippen molar-refractivity contribution in [1.82, 2.24) is 4.90 Å². The van der Waals surface area contributed by atoms with E-state index in [4.69, 9.17) is 10.8 Å². The molecule has 5 nitrogen and oxygen atoms in total. The number of carboxylic acids is 1. The molecule has 0 bridgehead atoms. The van der Waals surface area contributed by atoms with E-state index in [-0.39, 0.29) is 24.9 Å². The first-order valence-electron chi connectivity index (χ1n) is 5.18. The lowest BCUT2D eigenvalue weighted by atomic mass is 10.1. The molecule has 0 aromatic rings. The van der Waals surface area contributed by atoms with Crippen molar-refractivity contribution in [2.75, 3.05) is 6.54 Å². The largest absolute Gasteiger partial charge is 0.481 e. The molecule has 0 saturated heterocycles. The van der Waals surface area contributed by atoms with Crippen LogP contribution in [0.15, 0.2) is 0 Å². The van der Waals surface area contributed by atoms with Gasteiger partial charge in [-0.15, -0.1) is 0 Å². The van der Waals surface area contributed by atoms with Crippen molar-refractivity contribution in [3.05, 3.63) is 0 Å². The lowest BCUT2D eigenvalue weighted by Gasteiger charge is -2.28. The zero-order valence-electron chi connectivity index (χ0n) is 9.56. The van der Waals surface area contributed by atoms with E-state index >= 15 is 0 Å². The molecule has 0 spiro atoms. The summed E-state index contributed by atoms with van der Waals surface area (Å²) >= 11 is 0. The second-order valence-corrected chi connectivity index (χ2v) is 3.78. The summed E-state index contributed by atoms with van der Waals surface area (Å²) in [4.78, 5) is 23.7. The summed E-state index contributed by atoms with van der Waals surface area (Å²) in [7, 11) is 0. The molecule has 0 unspecified atom stereocenters. The van der Waals surface area contributed by atoms with Crippen molar-refractivity contribution in [2.45, 2.75) is 45.7 Å². The zero-order chi connectivity index (χ0) is 12.0. The van der Waals surface area contributed by atoms with E-state index in [1.165, 1.54) is 4.90 Å². The van der Waals surface area contributed by atoms with Crippen LogP contribution in [0, 0.1) is 0 Å². The smallest absolute Gasteiger partial charge is 0.305 e. The van der Waals surface area contributed by atoms with E-state index in [1.807, 2.05) is 20.8 Å². The Morgan fingerprint density at radius 2 is 1.93 bits per heavy atom. The molecular weight excluding hydrogens is 196 g/mol. The topological polar surface area (TPSA) is 83.6 Å². The van der Waals surface area contributed by atoms with Crippen molar-refractivity contribution < 1.29 is 14.7 Å². The maximum Gasteiger partial charge on any atom is 0.305 e. The summed E-state index contributed by atoms with van der Waals surface area (Å²) in [6.07, 6.45) is 0.523. The molecule has 88 valence electrons. The minimum atomic E-state index is -0.904. The normalized spacial score (nSPS) is 12.6. The minimum absolute atomic E-state index is 0.0190. The quantitative estimate of drug-likeness (QED) is 0.674. The van der Waals surface area contributed by atoms with Gasteiger partial charge >= 0.3 is 5.97 Å². The minimum Gasteiger partial charge on any atom is -0.481 e. The Kier molecular flexibility index (Phi) is 5.93. The maximum absolute atomic E-state index is 11.7. The van der Waals surface area contributed by atoms with Crippen LogP contribution in [0.25, 0.3) is 0 Å². The number of aliphatic carboxylic acids is 1. The summed E-state index contributed by atoms with van der Waals surface area (Å²) in [5.74, 6) is -1.08. The van der Waals surface area contributed by atoms with Crippen LogP contribution in [0.3, 0.4) is 0 Å². The second-order valence-electron chi connectivity index (χ2n) is 3.78. The summed E-state index contributed by atoms with van der Waals surface area (Å²) in [5, 5.41) is 8.55. The highest BCUT2D eigenvalue weighted by atomic mass is 16.4. The molecule has 3 N–H and O–H groups in total. The highest BCUT2D eigenvalue weighted by Gasteiger charge is 2.22. The summed E-state index contributed by atoms with van der Waals surface area (Å²) in [5.41, 5.74) is 5.62. The average Bonchev–Trinajstić information content (AvgIpc) is 2.15. The Hall–Kier alpha value is -1.10. The summed E-state index contributed by atoms with van der Waals surface area (Å²) in [6, 6.07) is -0.546. The monoisotopic (exact) mass is 216 g/mol. The van der Waals surface area contributed by atoms with Crippen molar-refractivity contribution >= 4 is 11.9 Å². The van der Waals surface area contributed by atoms with Crippen molar-refractivity contribution in [2.24, 2.45) is 5.73 Å². The number of hydrogen-bond acceptors (Lipinski definition) is 3. The molecule has 0 fully saturated rings. The number of rotatable bonds is 6. The predicted octanol–water partition coefficient (Wildman–Crippen LogP) is 0.435. The fourth-order valence-corrected chi connectivity index (χ4v) is 1.23. The number of carboxylic acid groups (broad SMARTS) is 1. The van der Waals surface area contributed by atoms with Crippen LogP contribution in [0.4, 0.5) is 0 Å². The molecule has 0 rings (SSSR count). The number of carbonyl (C=O) groups is 2. The number of nitrogens with two attached hydrogens (primary N) is 1. The van der Waals surface area contributed by atoms with Gasteiger partial charge in [-0.05, 0) is 20.3 Å². The lowest BCUT2D eigenvalue weighted by molar-refractivity contribution is -0.139. The zero-order valence-corrected chi connectivity index (χ0v) is 9.56. The van der Waals surface area contributed by atoms with E-state index in [9.17, 15) is 9.59 Å². The van der Waals surface area contributed by atoms with E-state index in [1.54, 1.807) is 0 Å². The highest BCUT2D eigenvalue weighted by molar-refractivity contribution is 5.82. The first-order chi connectivity index (χ1) is 6.90. The van der Waals surface area contributed by atoms with Crippen LogP contribution in [-0.2, 0) is 9.59 Å². The van der Waals surface area contributed by atoms with E-state index in [0.717, 1.165) is 0 Å². The van der Waals surface area contributed by atoms with E-state index < -0.39 is 12.0 Å². The highest BCUT2D eigenvalue weighted by Crippen LogP contribution is 2.04. The first kappa shape index (κ1) is 13.9. The molecule has 0 radical (unpaired) electrons. The van der Waals surface area contributed by atoms with Gasteiger partial charge in [0.1, 0.15) is 0 Å². The summed E-state index contributed by atoms with van der Waals surface area (Å²) < 4.78 is 0. The molecule has 15 heavy (non-hydrogen) atoms. The number of nitrogens with zero attached hydrogens (tertiary/aromatic N) is 1. The fraction of sp³-hybridized carbons (Fsp3) is 0.800. The van der Waals surface area contributed by atoms with Crippen molar-refractivity contribution in [3.63, 3.8) is 0 Å². The number of hydrogen-bond donors (Lipinski definition) is 2. The van der Waals surface area contributed by atoms with Crippen molar-refractivity contribution in [1.29, 1.82) is 0 Å². The molecular formula is C10H20N2O3. The second kappa shape index (κ2) is 6.40. The molecule has 0 aromatic carbocycles. The molecule has 0 saturated carbocycles. The predicted molar refractivity (Wildman–Crippen MR) is 57.4 cm³/mol. The molecule has 0 aliphatic rings. The standard InChI is InChI=1S/C10H20N2O3/c1-4-8(11)10(15)12(7(2)3)6-5-9(13)14/h7-8H,4-6,11H2,1-3H3,(H,13,14)/t8-/m1/s1. The molecule has 0 aromatic heterocycles. The van der Waals surface area contributed by atoms with Crippen LogP contribution in [0.5, 0.6) is 0 Å². The van der Waals surface area contributed by atoms with E-state index in [0.29, 0.717) is 6.42 Å². The molecule has 1 amide bonds. The van der Waals surface area contributed by atoms with Crippen LogP contribution in [-0.4, -0.2) is 40.5 Å². The molecule has 5 heteroatoms. The van der Waals surface area contributed by atoms with Gasteiger partial charge < -0.3 is 15.7 Å². The molecule has 0 aliphatic heterocycles. The van der Waals surface area contributed by atoms with Gasteiger partial charge in [-0.2, -0.15) is 0 Å². The van der Waals surface area contributed by atoms with Gasteiger partial charge in [0.2, 0.25) is 5.91 Å². The van der Waals surface area contributed by atoms with Gasteiger partial charge in [-0.25, -0.2) is 0 Å². The van der Waals surface area contributed by atoms with Crippen LogP contribution in [0.1, 0.15) is 33.6 Å². The fourth-order valence-electron chi connectivity index (χ4n) is 1.23. The van der Waals surface area contributed by atoms with Gasteiger partial charge in [0, 0.05) is 12.6 Å². The third-order valence-corrected chi connectivity index (χ3v) is 2.23. The van der Waals surface area contributed by atoms with Crippen LogP contribution < -0.4 is 5.73 Å². The third kappa shape index (κ3) is 4.78. The van der Waals surface area contributed by atoms with Gasteiger partial charge in [-0.3, -0.25) is 9.59 Å². The Bertz CT molecular complexity index is 229. The van der Waals surface area contributed by atoms with Crippen molar-refractivity contribution in [3.8, 4) is 0 Å². The third-order valence-electron chi connectivity index (χ3n) is 2.23. The number of carbonyl (C=O) groups excluding carboxylic acids is 1. The summed E-state index contributed by atoms with van der Waals surface area (Å²) in [6.45, 7) is 5.75. The average molecular weight is 216 g/mol. The van der Waals surface area contributed by atoms with Crippen LogP contribution in [0.2, 0.25) is 0 Å². The van der Waals surface area contributed by atoms with Crippen LogP contribution >= 0.6 is 0 Å². The van der Waals surface area contributed by atoms with Gasteiger partial charge in [0.25, 0.3) is 0 Å². The molecule has 0 heterocycles. The van der Waals surface area contributed by atoms with E-state index in [2.05, 4.69) is 0 Å². The van der Waals surface area contributed by atoms with Gasteiger partial charge in [0.15, 0.2) is 0 Å². The Balaban J connectivity index is 4.38.